The molecule has 0 saturated heterocycles. The highest BCUT2D eigenvalue weighted by molar-refractivity contribution is 5.91. The minimum Gasteiger partial charge on any atom is -0.492 e. The predicted molar refractivity (Wildman–Crippen MR) is 112 cm³/mol. The Hall–Kier alpha value is -3.34. The van der Waals surface area contributed by atoms with Gasteiger partial charge in [0, 0.05) is 24.9 Å². The number of rotatable bonds is 7. The van der Waals surface area contributed by atoms with Crippen molar-refractivity contribution in [3.05, 3.63) is 83.7 Å². The molecule has 0 aliphatic carbocycles. The van der Waals surface area contributed by atoms with Crippen LogP contribution in [0.3, 0.4) is 0 Å². The van der Waals surface area contributed by atoms with Crippen LogP contribution < -0.4 is 4.74 Å². The summed E-state index contributed by atoms with van der Waals surface area (Å²) in [7, 11) is 1.77. The first kappa shape index (κ1) is 19.4. The third-order valence-corrected chi connectivity index (χ3v) is 4.31. The lowest BCUT2D eigenvalue weighted by Crippen LogP contribution is -2.29. The van der Waals surface area contributed by atoms with Gasteiger partial charge in [-0.15, -0.1) is 0 Å². The molecule has 1 aromatic heterocycles. The van der Waals surface area contributed by atoms with Gasteiger partial charge >= 0.3 is 0 Å². The number of aryl methyl sites for hydroxylation is 2. The van der Waals surface area contributed by atoms with Crippen LogP contribution in [0.1, 0.15) is 16.7 Å². The monoisotopic (exact) mass is 375 g/mol. The van der Waals surface area contributed by atoms with Crippen LogP contribution in [-0.4, -0.2) is 40.8 Å². The highest BCUT2D eigenvalue weighted by Crippen LogP contribution is 2.16. The molecule has 5 heteroatoms. The van der Waals surface area contributed by atoms with Gasteiger partial charge in [-0.3, -0.25) is 4.79 Å². The van der Waals surface area contributed by atoms with Gasteiger partial charge in [-0.1, -0.05) is 24.3 Å². The van der Waals surface area contributed by atoms with Gasteiger partial charge in [-0.05, 0) is 55.3 Å². The second-order valence-electron chi connectivity index (χ2n) is 6.82. The molecule has 0 aliphatic heterocycles. The van der Waals surface area contributed by atoms with Crippen LogP contribution in [-0.2, 0) is 4.79 Å². The molecule has 0 unspecified atom stereocenters. The van der Waals surface area contributed by atoms with Crippen molar-refractivity contribution in [2.24, 2.45) is 0 Å². The van der Waals surface area contributed by atoms with Gasteiger partial charge in [0.15, 0.2) is 0 Å². The summed E-state index contributed by atoms with van der Waals surface area (Å²) in [5, 5.41) is 4.33. The molecule has 5 nitrogen and oxygen atoms in total. The van der Waals surface area contributed by atoms with Crippen molar-refractivity contribution >= 4 is 12.0 Å². The number of hydrogen-bond acceptors (Lipinski definition) is 3. The maximum Gasteiger partial charge on any atom is 0.246 e. The summed E-state index contributed by atoms with van der Waals surface area (Å²) in [6.45, 7) is 5.05. The third-order valence-electron chi connectivity index (χ3n) is 4.31. The Balaban J connectivity index is 1.50. The summed E-state index contributed by atoms with van der Waals surface area (Å²) >= 11 is 0. The number of carbonyl (C=O) groups excluding carboxylic acids is 1. The molecule has 3 rings (SSSR count). The topological polar surface area (TPSA) is 47.4 Å². The van der Waals surface area contributed by atoms with Crippen LogP contribution in [0.25, 0.3) is 11.8 Å². The van der Waals surface area contributed by atoms with E-state index in [0.717, 1.165) is 17.0 Å². The van der Waals surface area contributed by atoms with E-state index in [-0.39, 0.29) is 5.91 Å². The van der Waals surface area contributed by atoms with Crippen LogP contribution in [0.5, 0.6) is 5.75 Å². The second kappa shape index (κ2) is 9.04. The van der Waals surface area contributed by atoms with E-state index >= 15 is 0 Å². The molecule has 0 atom stereocenters. The number of ether oxygens (including phenoxy) is 1. The average molecular weight is 375 g/mol. The van der Waals surface area contributed by atoms with Crippen molar-refractivity contribution in [1.82, 2.24) is 14.7 Å². The number of likely N-dealkylation sites (N-methyl/N-ethyl adjacent to an activating group) is 1. The highest BCUT2D eigenvalue weighted by atomic mass is 16.5. The Bertz CT molecular complexity index is 941. The lowest BCUT2D eigenvalue weighted by Gasteiger charge is -2.16. The molecule has 1 heterocycles. The Labute approximate surface area is 165 Å². The Morgan fingerprint density at radius 2 is 1.86 bits per heavy atom. The predicted octanol–water partition coefficient (Wildman–Crippen LogP) is 4.04. The fourth-order valence-corrected chi connectivity index (χ4v) is 2.87. The first-order valence-electron chi connectivity index (χ1n) is 9.25. The normalized spacial score (nSPS) is 11.0. The van der Waals surface area contributed by atoms with Crippen molar-refractivity contribution in [3.8, 4) is 11.4 Å². The van der Waals surface area contributed by atoms with Crippen molar-refractivity contribution in [3.63, 3.8) is 0 Å². The number of aromatic nitrogens is 2. The molecule has 0 saturated carbocycles. The summed E-state index contributed by atoms with van der Waals surface area (Å²) in [4.78, 5) is 13.9. The molecule has 0 N–H and O–H groups in total. The fraction of sp³-hybridized carbons (Fsp3) is 0.217. The van der Waals surface area contributed by atoms with E-state index in [1.54, 1.807) is 35.0 Å². The number of carbonyl (C=O) groups is 1. The van der Waals surface area contributed by atoms with Crippen molar-refractivity contribution < 1.29 is 9.53 Å². The maximum atomic E-state index is 12.3. The summed E-state index contributed by atoms with van der Waals surface area (Å²) in [5.74, 6) is 0.763. The molecule has 0 spiro atoms. The third kappa shape index (κ3) is 5.33. The van der Waals surface area contributed by atoms with E-state index in [0.29, 0.717) is 13.2 Å². The molecular weight excluding hydrogens is 350 g/mol. The Morgan fingerprint density at radius 3 is 2.57 bits per heavy atom. The zero-order valence-electron chi connectivity index (χ0n) is 16.5. The molecule has 1 amide bonds. The minimum absolute atomic E-state index is 0.0727. The summed E-state index contributed by atoms with van der Waals surface area (Å²) < 4.78 is 7.56. The summed E-state index contributed by atoms with van der Waals surface area (Å²) in [6, 6.07) is 16.0. The number of hydrogen-bond donors (Lipinski definition) is 0. The lowest BCUT2D eigenvalue weighted by atomic mass is 10.1. The Morgan fingerprint density at radius 1 is 1.14 bits per heavy atom. The van der Waals surface area contributed by atoms with E-state index in [1.807, 2.05) is 62.5 Å². The molecule has 2 aromatic carbocycles. The molecule has 144 valence electrons. The van der Waals surface area contributed by atoms with E-state index < -0.39 is 0 Å². The zero-order valence-corrected chi connectivity index (χ0v) is 16.5. The van der Waals surface area contributed by atoms with Crippen molar-refractivity contribution in [2.45, 2.75) is 13.8 Å². The molecule has 0 aliphatic rings. The van der Waals surface area contributed by atoms with Gasteiger partial charge < -0.3 is 9.64 Å². The first-order valence-corrected chi connectivity index (χ1v) is 9.25. The quantitative estimate of drug-likeness (QED) is 0.586. The van der Waals surface area contributed by atoms with Crippen molar-refractivity contribution in [1.29, 1.82) is 0 Å². The molecule has 0 bridgehead atoms. The average Bonchev–Trinajstić information content (AvgIpc) is 3.15. The largest absolute Gasteiger partial charge is 0.492 e. The fourth-order valence-electron chi connectivity index (χ4n) is 2.87. The summed E-state index contributed by atoms with van der Waals surface area (Å²) in [5.41, 5.74) is 4.18. The van der Waals surface area contributed by atoms with E-state index in [2.05, 4.69) is 11.2 Å². The first-order chi connectivity index (χ1) is 13.5. The highest BCUT2D eigenvalue weighted by Gasteiger charge is 2.06. The van der Waals surface area contributed by atoms with Gasteiger partial charge in [-0.25, -0.2) is 4.68 Å². The van der Waals surface area contributed by atoms with Crippen LogP contribution in [0.15, 0.2) is 67.0 Å². The van der Waals surface area contributed by atoms with Crippen LogP contribution in [0, 0.1) is 13.8 Å². The van der Waals surface area contributed by atoms with Gasteiger partial charge in [0.1, 0.15) is 12.4 Å². The molecule has 0 fully saturated rings. The van der Waals surface area contributed by atoms with Gasteiger partial charge in [0.2, 0.25) is 5.91 Å². The number of nitrogens with zero attached hydrogens (tertiary/aromatic N) is 3. The lowest BCUT2D eigenvalue weighted by molar-refractivity contribution is -0.125. The molecule has 28 heavy (non-hydrogen) atoms. The SMILES string of the molecule is Cc1cc(C)cc(OCCN(C)C(=O)/C=C/c2cnn(-c3ccccc3)c2)c1. The number of amides is 1. The van der Waals surface area contributed by atoms with E-state index in [4.69, 9.17) is 4.74 Å². The molecular formula is C23H25N3O2. The van der Waals surface area contributed by atoms with E-state index in [1.165, 1.54) is 11.1 Å². The standard InChI is InChI=1S/C23H25N3O2/c1-18-13-19(2)15-22(14-18)28-12-11-25(3)23(27)10-9-20-16-24-26(17-20)21-7-5-4-6-8-21/h4-10,13-17H,11-12H2,1-3H3/b10-9+. The zero-order chi connectivity index (χ0) is 19.9. The van der Waals surface area contributed by atoms with Gasteiger partial charge in [0.25, 0.3) is 0 Å². The van der Waals surface area contributed by atoms with Gasteiger partial charge in [-0.2, -0.15) is 5.10 Å². The van der Waals surface area contributed by atoms with Gasteiger partial charge in [0.05, 0.1) is 18.4 Å². The van der Waals surface area contributed by atoms with Crippen LogP contribution >= 0.6 is 0 Å². The minimum atomic E-state index is -0.0727. The molecule has 0 radical (unpaired) electrons. The van der Waals surface area contributed by atoms with Crippen molar-refractivity contribution in [2.75, 3.05) is 20.2 Å². The second-order valence-corrected chi connectivity index (χ2v) is 6.82. The Kier molecular flexibility index (Phi) is 6.27. The van der Waals surface area contributed by atoms with Crippen LogP contribution in [0.4, 0.5) is 0 Å². The number of benzene rings is 2. The summed E-state index contributed by atoms with van der Waals surface area (Å²) in [6.07, 6.45) is 6.96. The number of para-hydroxylation sites is 1. The maximum absolute atomic E-state index is 12.3. The molecule has 3 aromatic rings. The van der Waals surface area contributed by atoms with E-state index in [9.17, 15) is 4.79 Å². The van der Waals surface area contributed by atoms with Crippen LogP contribution in [0.2, 0.25) is 0 Å². The smallest absolute Gasteiger partial charge is 0.246 e.